The van der Waals surface area contributed by atoms with Gasteiger partial charge in [0.2, 0.25) is 0 Å². The molecule has 1 unspecified atom stereocenters. The maximum atomic E-state index is 12.4. The van der Waals surface area contributed by atoms with Gasteiger partial charge in [0.15, 0.2) is 5.78 Å². The minimum absolute atomic E-state index is 0.147. The molecule has 0 saturated heterocycles. The number of phenolic OH excluding ortho intramolecular Hbond substituents is 1. The Hall–Kier alpha value is -2.60. The zero-order chi connectivity index (χ0) is 18.9. The zero-order valence-electron chi connectivity index (χ0n) is 14.4. The molecule has 6 heteroatoms. The summed E-state index contributed by atoms with van der Waals surface area (Å²) >= 11 is 1.51. The van der Waals surface area contributed by atoms with E-state index in [4.69, 9.17) is 4.74 Å². The van der Waals surface area contributed by atoms with Crippen LogP contribution < -0.4 is 4.74 Å². The first kappa shape index (κ1) is 19.7. The molecule has 1 atom stereocenters. The lowest BCUT2D eigenvalue weighted by atomic mass is 10.0. The molecule has 0 aliphatic carbocycles. The Kier molecular flexibility index (Phi) is 7.41. The fourth-order valence-corrected chi connectivity index (χ4v) is 3.11. The van der Waals surface area contributed by atoms with E-state index in [1.807, 2.05) is 0 Å². The highest BCUT2D eigenvalue weighted by Gasteiger charge is 2.18. The number of ether oxygens (including phenoxy) is 1. The number of rotatable bonds is 9. The maximum absolute atomic E-state index is 12.4. The molecule has 0 heterocycles. The van der Waals surface area contributed by atoms with Gasteiger partial charge in [-0.2, -0.15) is 11.8 Å². The second-order valence-corrected chi connectivity index (χ2v) is 6.88. The van der Waals surface area contributed by atoms with E-state index < -0.39 is 5.97 Å². The van der Waals surface area contributed by atoms with Gasteiger partial charge in [-0.25, -0.2) is 0 Å². The van der Waals surface area contributed by atoms with E-state index in [1.165, 1.54) is 30.0 Å². The van der Waals surface area contributed by atoms with Gasteiger partial charge >= 0.3 is 5.97 Å². The summed E-state index contributed by atoms with van der Waals surface area (Å²) in [5.41, 5.74) is 0.613. The first-order chi connectivity index (χ1) is 12.5. The van der Waals surface area contributed by atoms with Gasteiger partial charge in [0, 0.05) is 23.8 Å². The van der Waals surface area contributed by atoms with Crippen LogP contribution in [0.3, 0.4) is 0 Å². The van der Waals surface area contributed by atoms with E-state index in [0.29, 0.717) is 23.5 Å². The van der Waals surface area contributed by atoms with E-state index in [0.717, 1.165) is 6.29 Å². The monoisotopic (exact) mass is 372 g/mol. The average molecular weight is 372 g/mol. The van der Waals surface area contributed by atoms with Gasteiger partial charge in [0.1, 0.15) is 17.8 Å². The maximum Gasteiger partial charge on any atom is 0.314 e. The Morgan fingerprint density at radius 2 is 1.92 bits per heavy atom. The molecule has 0 spiro atoms. The van der Waals surface area contributed by atoms with E-state index in [-0.39, 0.29) is 28.8 Å². The molecule has 0 aliphatic rings. The van der Waals surface area contributed by atoms with Crippen molar-refractivity contribution >= 4 is 29.8 Å². The molecule has 0 saturated carbocycles. The molecule has 0 bridgehead atoms. The molecule has 0 aliphatic heterocycles. The van der Waals surface area contributed by atoms with E-state index in [1.54, 1.807) is 37.3 Å². The molecule has 26 heavy (non-hydrogen) atoms. The van der Waals surface area contributed by atoms with Crippen molar-refractivity contribution in [2.45, 2.75) is 13.3 Å². The number of esters is 1. The van der Waals surface area contributed by atoms with Crippen LogP contribution in [0, 0.1) is 5.92 Å². The van der Waals surface area contributed by atoms with Crippen LogP contribution in [-0.2, 0) is 9.59 Å². The number of carbonyl (C=O) groups excluding carboxylic acids is 3. The Balaban J connectivity index is 1.99. The van der Waals surface area contributed by atoms with Gasteiger partial charge in [0.25, 0.3) is 0 Å². The molecule has 0 aromatic heterocycles. The Morgan fingerprint density at radius 1 is 1.19 bits per heavy atom. The van der Waals surface area contributed by atoms with Gasteiger partial charge in [-0.3, -0.25) is 9.59 Å². The van der Waals surface area contributed by atoms with Crippen LogP contribution in [0.15, 0.2) is 48.5 Å². The Morgan fingerprint density at radius 3 is 2.58 bits per heavy atom. The number of hydrogen-bond acceptors (Lipinski definition) is 6. The number of thioether (sulfide) groups is 1. The van der Waals surface area contributed by atoms with Crippen LogP contribution >= 0.6 is 11.8 Å². The molecular formula is C20H20O5S. The highest BCUT2D eigenvalue weighted by atomic mass is 32.2. The second-order valence-electron chi connectivity index (χ2n) is 5.73. The van der Waals surface area contributed by atoms with Crippen LogP contribution in [0.25, 0.3) is 0 Å². The topological polar surface area (TPSA) is 80.7 Å². The van der Waals surface area contributed by atoms with E-state index in [9.17, 15) is 19.5 Å². The second kappa shape index (κ2) is 9.77. The summed E-state index contributed by atoms with van der Waals surface area (Å²) in [6.45, 7) is 1.74. The van der Waals surface area contributed by atoms with Gasteiger partial charge in [-0.1, -0.05) is 37.3 Å². The molecule has 0 fully saturated rings. The predicted octanol–water partition coefficient (Wildman–Crippen LogP) is 3.49. The number of benzene rings is 2. The van der Waals surface area contributed by atoms with E-state index in [2.05, 4.69) is 0 Å². The molecule has 2 rings (SSSR count). The van der Waals surface area contributed by atoms with Crippen molar-refractivity contribution in [3.8, 4) is 11.5 Å². The largest absolute Gasteiger partial charge is 0.507 e. The number of aldehydes is 1. The number of carbonyl (C=O) groups is 3. The molecular weight excluding hydrogens is 352 g/mol. The summed E-state index contributed by atoms with van der Waals surface area (Å²) in [4.78, 5) is 34.7. The van der Waals surface area contributed by atoms with E-state index >= 15 is 0 Å². The lowest BCUT2D eigenvalue weighted by Gasteiger charge is -2.12. The van der Waals surface area contributed by atoms with Crippen molar-refractivity contribution in [1.29, 1.82) is 0 Å². The Bertz CT molecular complexity index is 773. The van der Waals surface area contributed by atoms with Crippen molar-refractivity contribution in [2.24, 2.45) is 5.92 Å². The molecule has 2 aromatic rings. The fraction of sp³-hybridized carbons (Fsp3) is 0.250. The van der Waals surface area contributed by atoms with Crippen molar-refractivity contribution in [2.75, 3.05) is 11.5 Å². The zero-order valence-corrected chi connectivity index (χ0v) is 15.2. The van der Waals surface area contributed by atoms with Gasteiger partial charge < -0.3 is 14.6 Å². The summed E-state index contributed by atoms with van der Waals surface area (Å²) in [6, 6.07) is 12.8. The minimum atomic E-state index is -0.426. The summed E-state index contributed by atoms with van der Waals surface area (Å²) in [6.07, 6.45) is 1.30. The Labute approximate surface area is 156 Å². The van der Waals surface area contributed by atoms with Crippen LogP contribution in [-0.4, -0.2) is 34.7 Å². The smallest absolute Gasteiger partial charge is 0.314 e. The normalized spacial score (nSPS) is 11.6. The first-order valence-electron chi connectivity index (χ1n) is 8.18. The number of aromatic hydroxyl groups is 1. The summed E-state index contributed by atoms with van der Waals surface area (Å²) in [5, 5.41) is 10.1. The lowest BCUT2D eigenvalue weighted by Crippen LogP contribution is -2.20. The SMILES string of the molecule is CC(CSCCC=O)C(=O)Oc1ccc(C(=O)c2ccccc2)c(O)c1. The number of phenols is 1. The molecule has 0 radical (unpaired) electrons. The minimum Gasteiger partial charge on any atom is -0.507 e. The van der Waals surface area contributed by atoms with Gasteiger partial charge in [-0.05, 0) is 17.9 Å². The third-order valence-electron chi connectivity index (χ3n) is 3.62. The third-order valence-corrected chi connectivity index (χ3v) is 4.88. The first-order valence-corrected chi connectivity index (χ1v) is 9.34. The summed E-state index contributed by atoms with van der Waals surface area (Å²) in [5.74, 6) is 0.0750. The number of hydrogen-bond donors (Lipinski definition) is 1. The highest BCUT2D eigenvalue weighted by molar-refractivity contribution is 7.99. The van der Waals surface area contributed by atoms with Crippen LogP contribution in [0.4, 0.5) is 0 Å². The van der Waals surface area contributed by atoms with Crippen LogP contribution in [0.5, 0.6) is 11.5 Å². The number of ketones is 1. The predicted molar refractivity (Wildman–Crippen MR) is 101 cm³/mol. The van der Waals surface area contributed by atoms with Gasteiger partial charge in [-0.15, -0.1) is 0 Å². The summed E-state index contributed by atoms with van der Waals surface area (Å²) < 4.78 is 5.26. The van der Waals surface area contributed by atoms with Crippen LogP contribution in [0.1, 0.15) is 29.3 Å². The molecule has 136 valence electrons. The van der Waals surface area contributed by atoms with Gasteiger partial charge in [0.05, 0.1) is 11.5 Å². The average Bonchev–Trinajstić information content (AvgIpc) is 2.65. The quantitative estimate of drug-likeness (QED) is 0.239. The molecule has 1 N–H and O–H groups in total. The fourth-order valence-electron chi connectivity index (χ4n) is 2.19. The van der Waals surface area contributed by atoms with Crippen molar-refractivity contribution in [3.05, 3.63) is 59.7 Å². The van der Waals surface area contributed by atoms with Crippen molar-refractivity contribution in [3.63, 3.8) is 0 Å². The standard InChI is InChI=1S/C20H20O5S/c1-14(13-26-11-5-10-21)20(24)25-16-8-9-17(18(22)12-16)19(23)15-6-3-2-4-7-15/h2-4,6-10,12,14,22H,5,11,13H2,1H3. The lowest BCUT2D eigenvalue weighted by molar-refractivity contribution is -0.137. The van der Waals surface area contributed by atoms with Crippen molar-refractivity contribution in [1.82, 2.24) is 0 Å². The van der Waals surface area contributed by atoms with Crippen LogP contribution in [0.2, 0.25) is 0 Å². The molecule has 2 aromatic carbocycles. The summed E-state index contributed by atoms with van der Waals surface area (Å²) in [7, 11) is 0. The van der Waals surface area contributed by atoms with Crippen molar-refractivity contribution < 1.29 is 24.2 Å². The molecule has 5 nitrogen and oxygen atoms in total. The molecule has 0 amide bonds. The third kappa shape index (κ3) is 5.46. The highest BCUT2D eigenvalue weighted by Crippen LogP contribution is 2.26.